The molecule has 0 bridgehead atoms. The molecule has 0 aliphatic heterocycles. The average Bonchev–Trinajstić information content (AvgIpc) is 2.99. The lowest BCUT2D eigenvalue weighted by atomic mass is 10.0. The largest absolute Gasteiger partial charge is 0.387 e. The van der Waals surface area contributed by atoms with E-state index in [1.807, 2.05) is 19.2 Å². The lowest BCUT2D eigenvalue weighted by molar-refractivity contribution is 0.161. The van der Waals surface area contributed by atoms with Crippen LogP contribution in [0.5, 0.6) is 0 Å². The van der Waals surface area contributed by atoms with Crippen LogP contribution in [0.4, 0.5) is 0 Å². The number of hydrogen-bond donors (Lipinski definition) is 2. The van der Waals surface area contributed by atoms with Crippen LogP contribution in [0, 0.1) is 0 Å². The Bertz CT molecular complexity index is 708. The molecule has 2 N–H and O–H groups in total. The van der Waals surface area contributed by atoms with Gasteiger partial charge in [0, 0.05) is 24.4 Å². The molecule has 0 spiro atoms. The molecule has 1 unspecified atom stereocenters. The van der Waals surface area contributed by atoms with E-state index >= 15 is 0 Å². The third kappa shape index (κ3) is 4.13. The fourth-order valence-corrected chi connectivity index (χ4v) is 3.38. The SMILES string of the molecule is CC(C)(NCC(O)c1ccc(S(C)(=O)=O)cc1)c1nccs1. The monoisotopic (exact) mass is 340 g/mol. The minimum atomic E-state index is -3.21. The van der Waals surface area contributed by atoms with Gasteiger partial charge in [0.25, 0.3) is 0 Å². The predicted molar refractivity (Wildman–Crippen MR) is 87.7 cm³/mol. The van der Waals surface area contributed by atoms with E-state index in [0.29, 0.717) is 12.1 Å². The van der Waals surface area contributed by atoms with Crippen LogP contribution < -0.4 is 5.32 Å². The molecule has 0 amide bonds. The zero-order valence-electron chi connectivity index (χ0n) is 12.8. The molecule has 0 aliphatic carbocycles. The third-order valence-electron chi connectivity index (χ3n) is 3.40. The van der Waals surface area contributed by atoms with Crippen LogP contribution in [-0.4, -0.2) is 31.3 Å². The van der Waals surface area contributed by atoms with Crippen LogP contribution in [0.25, 0.3) is 0 Å². The molecule has 2 aromatic rings. The molecule has 0 saturated heterocycles. The molecule has 22 heavy (non-hydrogen) atoms. The molecule has 1 aromatic heterocycles. The van der Waals surface area contributed by atoms with Crippen LogP contribution in [0.1, 0.15) is 30.5 Å². The van der Waals surface area contributed by atoms with Gasteiger partial charge in [-0.2, -0.15) is 0 Å². The lowest BCUT2D eigenvalue weighted by Crippen LogP contribution is -2.39. The highest BCUT2D eigenvalue weighted by atomic mass is 32.2. The normalized spacial score (nSPS) is 14.0. The zero-order valence-corrected chi connectivity index (χ0v) is 14.4. The van der Waals surface area contributed by atoms with Crippen LogP contribution >= 0.6 is 11.3 Å². The molecule has 0 aliphatic rings. The predicted octanol–water partition coefficient (Wildman–Crippen LogP) is 2.10. The summed E-state index contributed by atoms with van der Waals surface area (Å²) in [7, 11) is -3.21. The van der Waals surface area contributed by atoms with Crippen molar-refractivity contribution in [1.82, 2.24) is 10.3 Å². The summed E-state index contributed by atoms with van der Waals surface area (Å²) in [6.45, 7) is 4.36. The second kappa shape index (κ2) is 6.45. The Morgan fingerprint density at radius 2 is 1.95 bits per heavy atom. The first-order valence-corrected chi connectivity index (χ1v) is 9.60. The summed E-state index contributed by atoms with van der Waals surface area (Å²) in [5, 5.41) is 16.4. The van der Waals surface area contributed by atoms with Gasteiger partial charge in [-0.25, -0.2) is 13.4 Å². The van der Waals surface area contributed by atoms with Gasteiger partial charge in [-0.05, 0) is 31.5 Å². The summed E-state index contributed by atoms with van der Waals surface area (Å²) in [4.78, 5) is 4.53. The highest BCUT2D eigenvalue weighted by molar-refractivity contribution is 7.90. The number of sulfone groups is 1. The Balaban J connectivity index is 2.02. The Morgan fingerprint density at radius 1 is 1.32 bits per heavy atom. The van der Waals surface area contributed by atoms with Gasteiger partial charge in [0.2, 0.25) is 0 Å². The quantitative estimate of drug-likeness (QED) is 0.842. The maximum Gasteiger partial charge on any atom is 0.175 e. The van der Waals surface area contributed by atoms with Gasteiger partial charge in [0.1, 0.15) is 5.01 Å². The van der Waals surface area contributed by atoms with Gasteiger partial charge in [-0.3, -0.25) is 0 Å². The Hall–Kier alpha value is -1.28. The molecule has 0 fully saturated rings. The highest BCUT2D eigenvalue weighted by Crippen LogP contribution is 2.23. The minimum Gasteiger partial charge on any atom is -0.387 e. The molecule has 2 rings (SSSR count). The standard InChI is InChI=1S/C15H20N2O3S2/c1-15(2,14-16-8-9-21-14)17-10-13(18)11-4-6-12(7-5-11)22(3,19)20/h4-9,13,17-18H,10H2,1-3H3. The zero-order chi connectivity index (χ0) is 16.4. The van der Waals surface area contributed by atoms with E-state index < -0.39 is 15.9 Å². The van der Waals surface area contributed by atoms with Gasteiger partial charge in [-0.15, -0.1) is 11.3 Å². The van der Waals surface area contributed by atoms with Crippen molar-refractivity contribution in [3.63, 3.8) is 0 Å². The molecule has 1 atom stereocenters. The van der Waals surface area contributed by atoms with E-state index in [1.54, 1.807) is 29.7 Å². The van der Waals surface area contributed by atoms with E-state index in [2.05, 4.69) is 10.3 Å². The number of rotatable bonds is 6. The van der Waals surface area contributed by atoms with E-state index in [9.17, 15) is 13.5 Å². The molecule has 0 saturated carbocycles. The van der Waals surface area contributed by atoms with Gasteiger partial charge in [0.05, 0.1) is 16.5 Å². The second-order valence-electron chi connectivity index (χ2n) is 5.70. The number of nitrogens with one attached hydrogen (secondary N) is 1. The van der Waals surface area contributed by atoms with Crippen molar-refractivity contribution >= 4 is 21.2 Å². The highest BCUT2D eigenvalue weighted by Gasteiger charge is 2.24. The van der Waals surface area contributed by atoms with E-state index in [-0.39, 0.29) is 10.4 Å². The summed E-state index contributed by atoms with van der Waals surface area (Å²) in [6, 6.07) is 6.30. The number of aromatic nitrogens is 1. The van der Waals surface area contributed by atoms with Crippen molar-refractivity contribution in [3.8, 4) is 0 Å². The maximum absolute atomic E-state index is 11.4. The molecule has 5 nitrogen and oxygen atoms in total. The maximum atomic E-state index is 11.4. The molecule has 1 heterocycles. The third-order valence-corrected chi connectivity index (χ3v) is 5.62. The number of nitrogens with zero attached hydrogens (tertiary/aromatic N) is 1. The number of aliphatic hydroxyl groups is 1. The molecular formula is C15H20N2O3S2. The van der Waals surface area contributed by atoms with Crippen molar-refractivity contribution < 1.29 is 13.5 Å². The molecule has 1 aromatic carbocycles. The minimum absolute atomic E-state index is 0.250. The van der Waals surface area contributed by atoms with Crippen LogP contribution in [0.3, 0.4) is 0 Å². The van der Waals surface area contributed by atoms with Crippen molar-refractivity contribution in [3.05, 3.63) is 46.4 Å². The summed E-state index contributed by atoms with van der Waals surface area (Å²) in [5.74, 6) is 0. The fraction of sp³-hybridized carbons (Fsp3) is 0.400. The van der Waals surface area contributed by atoms with Crippen LogP contribution in [0.15, 0.2) is 40.7 Å². The van der Waals surface area contributed by atoms with E-state index in [4.69, 9.17) is 0 Å². The average molecular weight is 340 g/mol. The fourth-order valence-electron chi connectivity index (χ4n) is 2.01. The smallest absolute Gasteiger partial charge is 0.175 e. The first kappa shape index (κ1) is 17.1. The lowest BCUT2D eigenvalue weighted by Gasteiger charge is -2.25. The van der Waals surface area contributed by atoms with Crippen LogP contribution in [-0.2, 0) is 15.4 Å². The van der Waals surface area contributed by atoms with Gasteiger partial charge >= 0.3 is 0 Å². The van der Waals surface area contributed by atoms with Crippen LogP contribution in [0.2, 0.25) is 0 Å². The molecule has 7 heteroatoms. The summed E-state index contributed by atoms with van der Waals surface area (Å²) in [6.07, 6.45) is 2.20. The van der Waals surface area contributed by atoms with Crippen molar-refractivity contribution in [2.75, 3.05) is 12.8 Å². The first-order valence-electron chi connectivity index (χ1n) is 6.83. The summed E-state index contributed by atoms with van der Waals surface area (Å²) in [5.41, 5.74) is 0.344. The summed E-state index contributed by atoms with van der Waals surface area (Å²) < 4.78 is 22.8. The number of thiazole rings is 1. The first-order chi connectivity index (χ1) is 10.2. The van der Waals surface area contributed by atoms with Crippen molar-refractivity contribution in [2.24, 2.45) is 0 Å². The molecule has 120 valence electrons. The van der Waals surface area contributed by atoms with Crippen molar-refractivity contribution in [1.29, 1.82) is 0 Å². The Kier molecular flexibility index (Phi) is 5.01. The van der Waals surface area contributed by atoms with Gasteiger partial charge < -0.3 is 10.4 Å². The topological polar surface area (TPSA) is 79.3 Å². The second-order valence-corrected chi connectivity index (χ2v) is 8.61. The van der Waals surface area contributed by atoms with E-state index in [0.717, 1.165) is 11.3 Å². The van der Waals surface area contributed by atoms with E-state index in [1.165, 1.54) is 12.1 Å². The van der Waals surface area contributed by atoms with Crippen molar-refractivity contribution in [2.45, 2.75) is 30.4 Å². The number of benzene rings is 1. The Labute approximate surface area is 135 Å². The number of hydrogen-bond acceptors (Lipinski definition) is 6. The van der Waals surface area contributed by atoms with Gasteiger partial charge in [-0.1, -0.05) is 12.1 Å². The number of aliphatic hydroxyl groups excluding tert-OH is 1. The molecular weight excluding hydrogens is 320 g/mol. The van der Waals surface area contributed by atoms with Gasteiger partial charge in [0.15, 0.2) is 9.84 Å². The Morgan fingerprint density at radius 3 is 2.45 bits per heavy atom. The molecule has 0 radical (unpaired) electrons. The summed E-state index contributed by atoms with van der Waals surface area (Å²) >= 11 is 1.56.